The van der Waals surface area contributed by atoms with Gasteiger partial charge in [0.2, 0.25) is 0 Å². The Bertz CT molecular complexity index is 1540. The molecule has 0 spiro atoms. The zero-order valence-electron chi connectivity index (χ0n) is 19.7. The summed E-state index contributed by atoms with van der Waals surface area (Å²) in [5.41, 5.74) is 10.1. The quantitative estimate of drug-likeness (QED) is 0.349. The first-order chi connectivity index (χ1) is 16.8. The van der Waals surface area contributed by atoms with Crippen molar-refractivity contribution in [1.82, 2.24) is 30.2 Å². The Kier molecular flexibility index (Phi) is 5.49. The number of hydrogen-bond acceptors (Lipinski definition) is 6. The number of aryl methyl sites for hydroxylation is 1. The van der Waals surface area contributed by atoms with E-state index < -0.39 is 11.4 Å². The fraction of sp³-hybridized carbons (Fsp3) is 0.148. The Hall–Kier alpha value is -4.59. The van der Waals surface area contributed by atoms with Crippen molar-refractivity contribution in [3.63, 3.8) is 0 Å². The maximum absolute atomic E-state index is 13.4. The van der Waals surface area contributed by atoms with Gasteiger partial charge >= 0.3 is 0 Å². The molecule has 0 aliphatic carbocycles. The topological polar surface area (TPSA) is 122 Å². The first-order valence-electron chi connectivity index (χ1n) is 11.2. The van der Waals surface area contributed by atoms with E-state index in [0.29, 0.717) is 11.4 Å². The molecule has 2 aromatic carbocycles. The minimum Gasteiger partial charge on any atom is -0.382 e. The van der Waals surface area contributed by atoms with Crippen LogP contribution >= 0.6 is 0 Å². The lowest BCUT2D eigenvalue weighted by molar-refractivity contribution is 0.0906. The highest BCUT2D eigenvalue weighted by atomic mass is 16.2. The molecule has 174 valence electrons. The highest BCUT2D eigenvalue weighted by molar-refractivity contribution is 5.98. The Morgan fingerprint density at radius 1 is 0.943 bits per heavy atom. The number of anilines is 1. The number of nitrogens with zero attached hydrogens (tertiary/aromatic N) is 4. The minimum absolute atomic E-state index is 0.0594. The zero-order valence-corrected chi connectivity index (χ0v) is 19.7. The average Bonchev–Trinajstić information content (AvgIpc) is 3.31. The fourth-order valence-corrected chi connectivity index (χ4v) is 3.99. The van der Waals surface area contributed by atoms with Crippen LogP contribution in [0.1, 0.15) is 35.9 Å². The van der Waals surface area contributed by atoms with E-state index in [1.807, 2.05) is 81.4 Å². The largest absolute Gasteiger partial charge is 0.382 e. The molecule has 0 aliphatic rings. The van der Waals surface area contributed by atoms with Gasteiger partial charge in [0.15, 0.2) is 11.5 Å². The third-order valence-electron chi connectivity index (χ3n) is 5.86. The van der Waals surface area contributed by atoms with Gasteiger partial charge in [-0.1, -0.05) is 42.5 Å². The van der Waals surface area contributed by atoms with E-state index in [9.17, 15) is 4.79 Å². The highest BCUT2D eigenvalue weighted by Crippen LogP contribution is 2.32. The van der Waals surface area contributed by atoms with Gasteiger partial charge < -0.3 is 16.0 Å². The molecule has 5 aromatic rings. The van der Waals surface area contributed by atoms with Gasteiger partial charge in [0.05, 0.1) is 34.3 Å². The van der Waals surface area contributed by atoms with Crippen molar-refractivity contribution in [3.8, 4) is 22.5 Å². The molecule has 0 unspecified atom stereocenters. The lowest BCUT2D eigenvalue weighted by atomic mass is 10.0. The zero-order chi connectivity index (χ0) is 24.6. The van der Waals surface area contributed by atoms with Gasteiger partial charge in [-0.15, -0.1) is 0 Å². The Morgan fingerprint density at radius 3 is 2.46 bits per heavy atom. The molecule has 1 amide bonds. The van der Waals surface area contributed by atoms with Crippen molar-refractivity contribution >= 4 is 22.6 Å². The molecule has 0 aliphatic heterocycles. The molecule has 5 rings (SSSR count). The van der Waals surface area contributed by atoms with Gasteiger partial charge in [0, 0.05) is 22.7 Å². The number of pyridine rings is 1. The summed E-state index contributed by atoms with van der Waals surface area (Å²) in [4.78, 5) is 34.6. The van der Waals surface area contributed by atoms with Crippen molar-refractivity contribution in [2.24, 2.45) is 0 Å². The van der Waals surface area contributed by atoms with Crippen LogP contribution in [0.4, 0.5) is 5.82 Å². The number of nitrogens with two attached hydrogens (primary N) is 1. The lowest BCUT2D eigenvalue weighted by Gasteiger charge is -2.25. The summed E-state index contributed by atoms with van der Waals surface area (Å²) in [7, 11) is 0. The number of carbonyl (C=O) groups excluding carboxylic acids is 1. The smallest absolute Gasteiger partial charge is 0.274 e. The number of nitrogens with one attached hydrogen (secondary N) is 2. The molecule has 3 aromatic heterocycles. The van der Waals surface area contributed by atoms with Crippen LogP contribution in [0.5, 0.6) is 0 Å². The molecule has 0 saturated carbocycles. The SMILES string of the molecule is Cc1ncc(C(C)(C)NC(=O)c2nc(-c3ccc4ncccc4c3)c(-c3ccccc3)nc2N)[nH]1. The second-order valence-electron chi connectivity index (χ2n) is 8.89. The molecule has 8 nitrogen and oxygen atoms in total. The number of benzene rings is 2. The first-order valence-corrected chi connectivity index (χ1v) is 11.2. The van der Waals surface area contributed by atoms with Crippen LogP contribution in [0.3, 0.4) is 0 Å². The van der Waals surface area contributed by atoms with Gasteiger partial charge in [-0.2, -0.15) is 0 Å². The van der Waals surface area contributed by atoms with Crippen LogP contribution in [-0.4, -0.2) is 30.8 Å². The molecule has 8 heteroatoms. The molecule has 4 N–H and O–H groups in total. The summed E-state index contributed by atoms with van der Waals surface area (Å²) in [5.74, 6) is 0.404. The maximum Gasteiger partial charge on any atom is 0.274 e. The normalized spacial score (nSPS) is 11.5. The fourth-order valence-electron chi connectivity index (χ4n) is 3.99. The third kappa shape index (κ3) is 4.33. The van der Waals surface area contributed by atoms with Gasteiger partial charge in [-0.25, -0.2) is 15.0 Å². The minimum atomic E-state index is -0.723. The van der Waals surface area contributed by atoms with E-state index in [1.165, 1.54) is 0 Å². The molecule has 0 saturated heterocycles. The molecule has 35 heavy (non-hydrogen) atoms. The number of nitrogen functional groups attached to an aromatic ring is 1. The number of hydrogen-bond donors (Lipinski definition) is 3. The van der Waals surface area contributed by atoms with Gasteiger partial charge in [0.25, 0.3) is 5.91 Å². The number of aromatic amines is 1. The van der Waals surface area contributed by atoms with Gasteiger partial charge in [0.1, 0.15) is 5.82 Å². The Balaban J connectivity index is 1.62. The number of carbonyl (C=O) groups is 1. The molecule has 0 fully saturated rings. The number of fused-ring (bicyclic) bond motifs is 1. The van der Waals surface area contributed by atoms with Gasteiger partial charge in [-0.05, 0) is 39.0 Å². The van der Waals surface area contributed by atoms with Crippen molar-refractivity contribution in [1.29, 1.82) is 0 Å². The first kappa shape index (κ1) is 22.2. The van der Waals surface area contributed by atoms with Crippen LogP contribution in [0.15, 0.2) is 73.1 Å². The van der Waals surface area contributed by atoms with Crippen LogP contribution in [0, 0.1) is 6.92 Å². The van der Waals surface area contributed by atoms with E-state index in [0.717, 1.165) is 33.5 Å². The number of H-pyrrole nitrogens is 1. The van der Waals surface area contributed by atoms with E-state index >= 15 is 0 Å². The maximum atomic E-state index is 13.4. The van der Waals surface area contributed by atoms with Crippen molar-refractivity contribution in [3.05, 3.63) is 90.3 Å². The van der Waals surface area contributed by atoms with Crippen LogP contribution in [0.25, 0.3) is 33.4 Å². The van der Waals surface area contributed by atoms with Crippen LogP contribution < -0.4 is 11.1 Å². The van der Waals surface area contributed by atoms with E-state index in [1.54, 1.807) is 12.4 Å². The number of imidazole rings is 1. The summed E-state index contributed by atoms with van der Waals surface area (Å²) in [6.45, 7) is 5.63. The van der Waals surface area contributed by atoms with Crippen LogP contribution in [-0.2, 0) is 5.54 Å². The second-order valence-corrected chi connectivity index (χ2v) is 8.89. The summed E-state index contributed by atoms with van der Waals surface area (Å²) in [5, 5.41) is 3.97. The van der Waals surface area contributed by atoms with Crippen molar-refractivity contribution in [2.45, 2.75) is 26.3 Å². The molecule has 0 radical (unpaired) electrons. The molecule has 3 heterocycles. The van der Waals surface area contributed by atoms with E-state index in [4.69, 9.17) is 10.7 Å². The van der Waals surface area contributed by atoms with E-state index in [2.05, 4.69) is 25.3 Å². The van der Waals surface area contributed by atoms with Crippen molar-refractivity contribution in [2.75, 3.05) is 5.73 Å². The number of amides is 1. The predicted octanol–water partition coefficient (Wildman–Crippen LogP) is 4.64. The monoisotopic (exact) mass is 463 g/mol. The highest BCUT2D eigenvalue weighted by Gasteiger charge is 2.28. The summed E-state index contributed by atoms with van der Waals surface area (Å²) < 4.78 is 0. The molecule has 0 atom stereocenters. The average molecular weight is 464 g/mol. The third-order valence-corrected chi connectivity index (χ3v) is 5.86. The lowest BCUT2D eigenvalue weighted by Crippen LogP contribution is -2.42. The number of rotatable bonds is 5. The second kappa shape index (κ2) is 8.64. The number of aromatic nitrogens is 5. The molecular formula is C27H25N7O. The Morgan fingerprint density at radius 2 is 1.71 bits per heavy atom. The van der Waals surface area contributed by atoms with Gasteiger partial charge in [-0.3, -0.25) is 9.78 Å². The summed E-state index contributed by atoms with van der Waals surface area (Å²) in [6.07, 6.45) is 3.46. The molecular weight excluding hydrogens is 438 g/mol. The van der Waals surface area contributed by atoms with Crippen LogP contribution in [0.2, 0.25) is 0 Å². The Labute approximate surface area is 202 Å². The summed E-state index contributed by atoms with van der Waals surface area (Å²) >= 11 is 0. The molecule has 0 bridgehead atoms. The van der Waals surface area contributed by atoms with E-state index in [-0.39, 0.29) is 11.5 Å². The van der Waals surface area contributed by atoms with Crippen molar-refractivity contribution < 1.29 is 4.79 Å². The standard InChI is InChI=1S/C27H25N7O/c1-16-30-15-21(31-16)27(2,3)34-26(35)24-25(28)33-22(17-8-5-4-6-9-17)23(32-24)19-11-12-20-18(14-19)10-7-13-29-20/h4-15H,1-3H3,(H2,28,33)(H,30,31)(H,34,35). The summed E-state index contributed by atoms with van der Waals surface area (Å²) in [6, 6.07) is 19.4. The predicted molar refractivity (Wildman–Crippen MR) is 136 cm³/mol.